The van der Waals surface area contributed by atoms with E-state index in [2.05, 4.69) is 41.5 Å². The zero-order valence-corrected chi connectivity index (χ0v) is 10.6. The van der Waals surface area contributed by atoms with E-state index in [1.54, 1.807) is 0 Å². The molecular formula is C9H21LiOSi. The van der Waals surface area contributed by atoms with Gasteiger partial charge >= 0.3 is 18.9 Å². The fraction of sp³-hybridized carbons (Fsp3) is 1.00. The van der Waals surface area contributed by atoms with Crippen molar-refractivity contribution in [3.63, 3.8) is 0 Å². The van der Waals surface area contributed by atoms with Crippen LogP contribution in [-0.4, -0.2) is 8.32 Å². The van der Waals surface area contributed by atoms with Crippen molar-refractivity contribution < 1.29 is 23.7 Å². The topological polar surface area (TPSA) is 23.1 Å². The van der Waals surface area contributed by atoms with Gasteiger partial charge < -0.3 is 4.80 Å². The molecule has 0 unspecified atom stereocenters. The van der Waals surface area contributed by atoms with Gasteiger partial charge in [0.05, 0.1) is 0 Å². The van der Waals surface area contributed by atoms with Crippen molar-refractivity contribution >= 4 is 8.32 Å². The van der Waals surface area contributed by atoms with Gasteiger partial charge in [0.15, 0.2) is 0 Å². The van der Waals surface area contributed by atoms with Crippen LogP contribution in [0.1, 0.15) is 41.5 Å². The first-order valence-corrected chi connectivity index (χ1v) is 6.67. The Morgan fingerprint density at radius 3 is 0.917 bits per heavy atom. The van der Waals surface area contributed by atoms with Gasteiger partial charge in [-0.1, -0.05) is 58.2 Å². The summed E-state index contributed by atoms with van der Waals surface area (Å²) < 4.78 is 0. The van der Waals surface area contributed by atoms with Gasteiger partial charge in [-0.25, -0.2) is 0 Å². The zero-order valence-electron chi connectivity index (χ0n) is 9.64. The van der Waals surface area contributed by atoms with E-state index in [9.17, 15) is 4.80 Å². The van der Waals surface area contributed by atoms with Gasteiger partial charge in [0.1, 0.15) is 0 Å². The Bertz CT molecular complexity index is 102. The van der Waals surface area contributed by atoms with Gasteiger partial charge in [0, 0.05) is 0 Å². The Morgan fingerprint density at radius 1 is 0.750 bits per heavy atom. The van der Waals surface area contributed by atoms with E-state index in [4.69, 9.17) is 0 Å². The van der Waals surface area contributed by atoms with Crippen LogP contribution in [-0.2, 0) is 0 Å². The summed E-state index contributed by atoms with van der Waals surface area (Å²) in [6.07, 6.45) is 0. The van der Waals surface area contributed by atoms with Crippen molar-refractivity contribution in [1.82, 2.24) is 0 Å². The first-order chi connectivity index (χ1) is 4.83. The average molecular weight is 180 g/mol. The van der Waals surface area contributed by atoms with Crippen molar-refractivity contribution in [2.24, 2.45) is 0 Å². The zero-order chi connectivity index (χ0) is 9.23. The molecule has 0 N–H and O–H groups in total. The van der Waals surface area contributed by atoms with Crippen LogP contribution in [0, 0.1) is 0 Å². The molecule has 0 rings (SSSR count). The van der Waals surface area contributed by atoms with Gasteiger partial charge in [0.2, 0.25) is 0 Å². The van der Waals surface area contributed by atoms with Crippen LogP contribution in [0.3, 0.4) is 0 Å². The second-order valence-electron chi connectivity index (χ2n) is 4.32. The molecule has 0 aromatic heterocycles. The first-order valence-electron chi connectivity index (χ1n) is 4.53. The molecule has 0 spiro atoms. The van der Waals surface area contributed by atoms with Gasteiger partial charge in [-0.3, -0.25) is 0 Å². The maximum Gasteiger partial charge on any atom is 1.00 e. The molecule has 0 saturated heterocycles. The summed E-state index contributed by atoms with van der Waals surface area (Å²) in [5, 5.41) is 0. The van der Waals surface area contributed by atoms with Crippen molar-refractivity contribution in [1.29, 1.82) is 0 Å². The molecule has 3 heteroatoms. The van der Waals surface area contributed by atoms with Crippen LogP contribution in [0.2, 0.25) is 16.6 Å². The standard InChI is InChI=1S/C9H21OSi.Li/c1-7(2)11(10,8(3)4)9(5)6;/h7-9H,1-6H3;/q-1;+1. The van der Waals surface area contributed by atoms with E-state index in [-0.39, 0.29) is 18.9 Å². The van der Waals surface area contributed by atoms with Crippen LogP contribution >= 0.6 is 0 Å². The molecule has 0 aromatic rings. The minimum absolute atomic E-state index is 0. The third-order valence-corrected chi connectivity index (χ3v) is 8.12. The Labute approximate surface area is 90.3 Å². The molecule has 1 nitrogen and oxygen atoms in total. The second kappa shape index (κ2) is 5.49. The van der Waals surface area contributed by atoms with Gasteiger partial charge in [-0.05, 0) is 8.32 Å². The maximum absolute atomic E-state index is 12.3. The molecule has 0 amide bonds. The molecule has 0 fully saturated rings. The Kier molecular flexibility index (Phi) is 6.98. The normalized spacial score (nSPS) is 12.5. The predicted molar refractivity (Wildman–Crippen MR) is 51.0 cm³/mol. The molecule has 0 aromatic carbocycles. The Balaban J connectivity index is 0. The average Bonchev–Trinajstić information content (AvgIpc) is 1.84. The van der Waals surface area contributed by atoms with Crippen molar-refractivity contribution in [3.05, 3.63) is 0 Å². The van der Waals surface area contributed by atoms with Gasteiger partial charge in [-0.15, -0.1) is 0 Å². The predicted octanol–water partition coefficient (Wildman–Crippen LogP) is -0.474. The van der Waals surface area contributed by atoms with Crippen LogP contribution in [0.15, 0.2) is 0 Å². The third kappa shape index (κ3) is 2.92. The SMILES string of the molecule is CC(C)[Si]([O-])(C(C)C)C(C)C.[Li+]. The summed E-state index contributed by atoms with van der Waals surface area (Å²) in [7, 11) is -2.23. The molecule has 0 saturated carbocycles. The number of hydrogen-bond donors (Lipinski definition) is 0. The molecule has 0 bridgehead atoms. The minimum atomic E-state index is -2.23. The summed E-state index contributed by atoms with van der Waals surface area (Å²) in [4.78, 5) is 12.3. The first kappa shape index (κ1) is 15.3. The fourth-order valence-electron chi connectivity index (χ4n) is 2.00. The van der Waals surface area contributed by atoms with Crippen molar-refractivity contribution in [3.8, 4) is 0 Å². The molecule has 68 valence electrons. The number of rotatable bonds is 3. The number of hydrogen-bond acceptors (Lipinski definition) is 1. The van der Waals surface area contributed by atoms with E-state index in [1.807, 2.05) is 0 Å². The minimum Gasteiger partial charge on any atom is -0.858 e. The van der Waals surface area contributed by atoms with Gasteiger partial charge in [-0.2, -0.15) is 0 Å². The van der Waals surface area contributed by atoms with Gasteiger partial charge in [0.25, 0.3) is 0 Å². The molecule has 0 aliphatic heterocycles. The van der Waals surface area contributed by atoms with E-state index in [1.165, 1.54) is 0 Å². The van der Waals surface area contributed by atoms with E-state index in [0.717, 1.165) is 0 Å². The van der Waals surface area contributed by atoms with Crippen LogP contribution < -0.4 is 23.7 Å². The Morgan fingerprint density at radius 2 is 0.917 bits per heavy atom. The second-order valence-corrected chi connectivity index (χ2v) is 9.49. The fourth-order valence-corrected chi connectivity index (χ4v) is 6.00. The van der Waals surface area contributed by atoms with E-state index in [0.29, 0.717) is 16.6 Å². The van der Waals surface area contributed by atoms with Crippen LogP contribution in [0.4, 0.5) is 0 Å². The smallest absolute Gasteiger partial charge is 0.858 e. The quantitative estimate of drug-likeness (QED) is 0.538. The molecule has 0 aliphatic rings. The molecule has 0 heterocycles. The van der Waals surface area contributed by atoms with Crippen LogP contribution in [0.25, 0.3) is 0 Å². The summed E-state index contributed by atoms with van der Waals surface area (Å²) in [5.41, 5.74) is 1.09. The molecule has 0 aliphatic carbocycles. The summed E-state index contributed by atoms with van der Waals surface area (Å²) in [6.45, 7) is 12.5. The molecule has 12 heavy (non-hydrogen) atoms. The Hall–Kier alpha value is 0.774. The largest absolute Gasteiger partial charge is 1.00 e. The van der Waals surface area contributed by atoms with E-state index >= 15 is 0 Å². The maximum atomic E-state index is 12.3. The van der Waals surface area contributed by atoms with E-state index < -0.39 is 8.32 Å². The molecular weight excluding hydrogens is 159 g/mol. The summed E-state index contributed by atoms with van der Waals surface area (Å²) in [5.74, 6) is 0. The third-order valence-electron chi connectivity index (χ3n) is 2.71. The molecule has 0 radical (unpaired) electrons. The van der Waals surface area contributed by atoms with Crippen LogP contribution in [0.5, 0.6) is 0 Å². The summed E-state index contributed by atoms with van der Waals surface area (Å²) >= 11 is 0. The van der Waals surface area contributed by atoms with Crippen molar-refractivity contribution in [2.75, 3.05) is 0 Å². The molecule has 0 atom stereocenters. The monoisotopic (exact) mass is 180 g/mol. The van der Waals surface area contributed by atoms with Crippen molar-refractivity contribution in [2.45, 2.75) is 58.2 Å². The summed E-state index contributed by atoms with van der Waals surface area (Å²) in [6, 6.07) is 0.